The number of aliphatic hydroxyl groups excluding tert-OH is 1. The van der Waals surface area contributed by atoms with Gasteiger partial charge in [-0.2, -0.15) is 0 Å². The molecule has 82 valence electrons. The van der Waals surface area contributed by atoms with Crippen molar-refractivity contribution in [1.29, 1.82) is 0 Å². The monoisotopic (exact) mass is 198 g/mol. The summed E-state index contributed by atoms with van der Waals surface area (Å²) in [6.45, 7) is 4.16. The quantitative estimate of drug-likeness (QED) is 0.753. The van der Waals surface area contributed by atoms with E-state index in [1.807, 2.05) is 6.92 Å². The van der Waals surface area contributed by atoms with E-state index in [4.69, 9.17) is 0 Å². The van der Waals surface area contributed by atoms with Crippen LogP contribution in [-0.2, 0) is 4.79 Å². The molecule has 1 N–H and O–H groups in total. The van der Waals surface area contributed by atoms with Gasteiger partial charge in [-0.15, -0.1) is 0 Å². The molecule has 0 aromatic rings. The Hall–Kier alpha value is -0.370. The van der Waals surface area contributed by atoms with E-state index in [0.29, 0.717) is 18.1 Å². The van der Waals surface area contributed by atoms with Crippen LogP contribution >= 0.6 is 0 Å². The summed E-state index contributed by atoms with van der Waals surface area (Å²) in [5, 5.41) is 9.53. The Bertz CT molecular complexity index is 187. The van der Waals surface area contributed by atoms with Gasteiger partial charge in [0, 0.05) is 12.3 Å². The third-order valence-corrected chi connectivity index (χ3v) is 3.48. The van der Waals surface area contributed by atoms with Crippen LogP contribution in [0.25, 0.3) is 0 Å². The van der Waals surface area contributed by atoms with Crippen LogP contribution in [0, 0.1) is 11.8 Å². The van der Waals surface area contributed by atoms with E-state index in [2.05, 4.69) is 6.92 Å². The molecule has 0 heterocycles. The summed E-state index contributed by atoms with van der Waals surface area (Å²) in [6.07, 6.45) is 5.15. The molecule has 1 aliphatic rings. The first kappa shape index (κ1) is 11.7. The molecule has 1 aliphatic carbocycles. The van der Waals surface area contributed by atoms with Gasteiger partial charge in [-0.1, -0.05) is 20.3 Å². The normalized spacial score (nSPS) is 30.4. The van der Waals surface area contributed by atoms with E-state index in [9.17, 15) is 9.90 Å². The number of hydrogen-bond acceptors (Lipinski definition) is 2. The van der Waals surface area contributed by atoms with Crippen LogP contribution in [0.2, 0.25) is 0 Å². The SMILES string of the molecule is CCC(O)CC1CC(CC)CCC1=O. The predicted octanol–water partition coefficient (Wildman–Crippen LogP) is 2.54. The van der Waals surface area contributed by atoms with Crippen molar-refractivity contribution < 1.29 is 9.90 Å². The van der Waals surface area contributed by atoms with Crippen LogP contribution in [0.15, 0.2) is 0 Å². The van der Waals surface area contributed by atoms with E-state index < -0.39 is 0 Å². The number of aliphatic hydroxyl groups is 1. The van der Waals surface area contributed by atoms with Crippen LogP contribution in [0.3, 0.4) is 0 Å². The van der Waals surface area contributed by atoms with Gasteiger partial charge in [-0.25, -0.2) is 0 Å². The number of Topliss-reactive ketones (excluding diaryl/α,β-unsaturated/α-hetero) is 1. The van der Waals surface area contributed by atoms with Crippen molar-refractivity contribution in [3.63, 3.8) is 0 Å². The molecule has 3 unspecified atom stereocenters. The molecule has 0 aromatic heterocycles. The lowest BCUT2D eigenvalue weighted by molar-refractivity contribution is -0.126. The van der Waals surface area contributed by atoms with Crippen LogP contribution in [0.5, 0.6) is 0 Å². The molecule has 1 saturated carbocycles. The van der Waals surface area contributed by atoms with Crippen LogP contribution in [0.4, 0.5) is 0 Å². The first-order valence-electron chi connectivity index (χ1n) is 5.88. The van der Waals surface area contributed by atoms with E-state index in [0.717, 1.165) is 25.7 Å². The van der Waals surface area contributed by atoms with E-state index in [1.165, 1.54) is 6.42 Å². The van der Waals surface area contributed by atoms with Crippen molar-refractivity contribution >= 4 is 5.78 Å². The number of carbonyl (C=O) groups is 1. The number of ketones is 1. The van der Waals surface area contributed by atoms with Gasteiger partial charge in [0.15, 0.2) is 0 Å². The van der Waals surface area contributed by atoms with Crippen LogP contribution in [-0.4, -0.2) is 17.0 Å². The van der Waals surface area contributed by atoms with Crippen molar-refractivity contribution in [3.8, 4) is 0 Å². The summed E-state index contributed by atoms with van der Waals surface area (Å²) in [5.74, 6) is 1.23. The molecule has 0 amide bonds. The molecule has 2 nitrogen and oxygen atoms in total. The molecule has 0 radical (unpaired) electrons. The smallest absolute Gasteiger partial charge is 0.136 e. The summed E-state index contributed by atoms with van der Waals surface area (Å²) < 4.78 is 0. The highest BCUT2D eigenvalue weighted by atomic mass is 16.3. The van der Waals surface area contributed by atoms with Crippen molar-refractivity contribution in [2.75, 3.05) is 0 Å². The number of rotatable bonds is 4. The van der Waals surface area contributed by atoms with Gasteiger partial charge in [0.25, 0.3) is 0 Å². The minimum atomic E-state index is -0.278. The first-order chi connectivity index (χ1) is 6.67. The molecule has 0 saturated heterocycles. The molecule has 1 rings (SSSR count). The highest BCUT2D eigenvalue weighted by molar-refractivity contribution is 5.81. The maximum atomic E-state index is 11.6. The lowest BCUT2D eigenvalue weighted by Crippen LogP contribution is -2.27. The second kappa shape index (κ2) is 5.50. The zero-order valence-electron chi connectivity index (χ0n) is 9.33. The largest absolute Gasteiger partial charge is 0.393 e. The number of hydrogen-bond donors (Lipinski definition) is 1. The summed E-state index contributed by atoms with van der Waals surface area (Å²) in [4.78, 5) is 11.6. The predicted molar refractivity (Wildman–Crippen MR) is 57.0 cm³/mol. The van der Waals surface area contributed by atoms with Crippen molar-refractivity contribution in [2.45, 2.75) is 58.5 Å². The fourth-order valence-corrected chi connectivity index (χ4v) is 2.30. The van der Waals surface area contributed by atoms with Crippen molar-refractivity contribution in [1.82, 2.24) is 0 Å². The average molecular weight is 198 g/mol. The van der Waals surface area contributed by atoms with Gasteiger partial charge in [-0.3, -0.25) is 4.79 Å². The second-order valence-electron chi connectivity index (χ2n) is 4.51. The Morgan fingerprint density at radius 2 is 2.21 bits per heavy atom. The Morgan fingerprint density at radius 3 is 2.79 bits per heavy atom. The standard InChI is InChI=1S/C12H22O2/c1-3-9-5-6-12(14)10(7-9)8-11(13)4-2/h9-11,13H,3-8H2,1-2H3. The number of carbonyl (C=O) groups excluding carboxylic acids is 1. The Kier molecular flexibility index (Phi) is 4.59. The maximum Gasteiger partial charge on any atom is 0.136 e. The van der Waals surface area contributed by atoms with Crippen molar-refractivity contribution in [2.24, 2.45) is 11.8 Å². The maximum absolute atomic E-state index is 11.6. The van der Waals surface area contributed by atoms with Crippen molar-refractivity contribution in [3.05, 3.63) is 0 Å². The summed E-state index contributed by atoms with van der Waals surface area (Å²) in [5.41, 5.74) is 0. The lowest BCUT2D eigenvalue weighted by Gasteiger charge is -2.28. The van der Waals surface area contributed by atoms with E-state index in [-0.39, 0.29) is 12.0 Å². The van der Waals surface area contributed by atoms with Crippen LogP contribution < -0.4 is 0 Å². The summed E-state index contributed by atoms with van der Waals surface area (Å²) >= 11 is 0. The molecule has 1 fully saturated rings. The Morgan fingerprint density at radius 1 is 1.50 bits per heavy atom. The summed E-state index contributed by atoms with van der Waals surface area (Å²) in [7, 11) is 0. The Labute approximate surface area is 86.7 Å². The lowest BCUT2D eigenvalue weighted by atomic mass is 9.77. The third-order valence-electron chi connectivity index (χ3n) is 3.48. The van der Waals surface area contributed by atoms with E-state index >= 15 is 0 Å². The molecule has 3 atom stereocenters. The molecular weight excluding hydrogens is 176 g/mol. The molecular formula is C12H22O2. The van der Waals surface area contributed by atoms with Gasteiger partial charge >= 0.3 is 0 Å². The van der Waals surface area contributed by atoms with E-state index in [1.54, 1.807) is 0 Å². The minimum Gasteiger partial charge on any atom is -0.393 e. The highest BCUT2D eigenvalue weighted by Crippen LogP contribution is 2.31. The highest BCUT2D eigenvalue weighted by Gasteiger charge is 2.28. The zero-order chi connectivity index (χ0) is 10.6. The fourth-order valence-electron chi connectivity index (χ4n) is 2.30. The second-order valence-corrected chi connectivity index (χ2v) is 4.51. The Balaban J connectivity index is 2.44. The average Bonchev–Trinajstić information content (AvgIpc) is 2.21. The first-order valence-corrected chi connectivity index (χ1v) is 5.88. The van der Waals surface area contributed by atoms with Gasteiger partial charge in [0.1, 0.15) is 5.78 Å². The third kappa shape index (κ3) is 3.09. The molecule has 14 heavy (non-hydrogen) atoms. The molecule has 0 aromatic carbocycles. The molecule has 0 spiro atoms. The van der Waals surface area contributed by atoms with Gasteiger partial charge in [0.2, 0.25) is 0 Å². The summed E-state index contributed by atoms with van der Waals surface area (Å²) in [6, 6.07) is 0. The van der Waals surface area contributed by atoms with Gasteiger partial charge < -0.3 is 5.11 Å². The molecule has 0 aliphatic heterocycles. The fraction of sp³-hybridized carbons (Fsp3) is 0.917. The van der Waals surface area contributed by atoms with Gasteiger partial charge in [-0.05, 0) is 31.6 Å². The molecule has 0 bridgehead atoms. The van der Waals surface area contributed by atoms with Gasteiger partial charge in [0.05, 0.1) is 6.10 Å². The zero-order valence-corrected chi connectivity index (χ0v) is 9.33. The van der Waals surface area contributed by atoms with Crippen LogP contribution in [0.1, 0.15) is 52.4 Å². The molecule has 2 heteroatoms. The minimum absolute atomic E-state index is 0.142. The topological polar surface area (TPSA) is 37.3 Å².